The topological polar surface area (TPSA) is 9.23 Å². The number of rotatable bonds is 10. The molecule has 0 spiro atoms. The smallest absolute Gasteiger partial charge is 0.133 e. The molecule has 1 rings (SSSR count). The van der Waals surface area contributed by atoms with Crippen LogP contribution in [0, 0.1) is 6.92 Å². The van der Waals surface area contributed by atoms with E-state index < -0.39 is 0 Å². The number of hydrogen-bond donors (Lipinski definition) is 0. The lowest BCUT2D eigenvalue weighted by molar-refractivity contribution is 0.302. The maximum atomic E-state index is 5.79. The van der Waals surface area contributed by atoms with Gasteiger partial charge in [-0.3, -0.25) is 0 Å². The van der Waals surface area contributed by atoms with Crippen molar-refractivity contribution in [2.24, 2.45) is 0 Å². The first kappa shape index (κ1) is 16.6. The zero-order valence-electron chi connectivity index (χ0n) is 12.4. The van der Waals surface area contributed by atoms with Crippen LogP contribution in [0.2, 0.25) is 0 Å². The molecule has 0 aliphatic heterocycles. The van der Waals surface area contributed by atoms with Crippen LogP contribution in [0.5, 0.6) is 5.75 Å². The normalized spacial score (nSPS) is 10.7. The molecule has 2 heteroatoms. The summed E-state index contributed by atoms with van der Waals surface area (Å²) in [6.45, 7) is 5.18. The molecule has 108 valence electrons. The van der Waals surface area contributed by atoms with Crippen molar-refractivity contribution in [3.63, 3.8) is 0 Å². The van der Waals surface area contributed by atoms with E-state index in [-0.39, 0.29) is 0 Å². The Kier molecular flexibility index (Phi) is 8.98. The number of halogens is 1. The van der Waals surface area contributed by atoms with Gasteiger partial charge < -0.3 is 4.74 Å². The third-order valence-electron chi connectivity index (χ3n) is 3.34. The second kappa shape index (κ2) is 10.3. The van der Waals surface area contributed by atoms with Gasteiger partial charge in [0.2, 0.25) is 0 Å². The molecule has 0 radical (unpaired) electrons. The van der Waals surface area contributed by atoms with Crippen LogP contribution in [0.15, 0.2) is 22.7 Å². The molecule has 0 atom stereocenters. The molecule has 0 unspecified atom stereocenters. The van der Waals surface area contributed by atoms with Crippen molar-refractivity contribution in [3.8, 4) is 5.75 Å². The molecule has 0 aliphatic carbocycles. The molecule has 19 heavy (non-hydrogen) atoms. The van der Waals surface area contributed by atoms with E-state index in [0.717, 1.165) is 23.2 Å². The highest BCUT2D eigenvalue weighted by molar-refractivity contribution is 9.10. The van der Waals surface area contributed by atoms with Gasteiger partial charge in [0.05, 0.1) is 11.1 Å². The molecule has 1 aromatic carbocycles. The Morgan fingerprint density at radius 3 is 2.21 bits per heavy atom. The summed E-state index contributed by atoms with van der Waals surface area (Å²) in [5.74, 6) is 0.966. The maximum Gasteiger partial charge on any atom is 0.133 e. The molecule has 0 aliphatic rings. The number of ether oxygens (including phenoxy) is 1. The van der Waals surface area contributed by atoms with Crippen LogP contribution in [0.1, 0.15) is 63.9 Å². The lowest BCUT2D eigenvalue weighted by atomic mass is 10.1. The SMILES string of the molecule is CCCCCCCCCCOc1ccc(C)cc1Br. The Hall–Kier alpha value is -0.500. The largest absolute Gasteiger partial charge is 0.492 e. The Bertz CT molecular complexity index is 349. The molecule has 0 heterocycles. The van der Waals surface area contributed by atoms with Gasteiger partial charge in [-0.15, -0.1) is 0 Å². The number of benzene rings is 1. The number of aryl methyl sites for hydroxylation is 1. The van der Waals surface area contributed by atoms with Crippen LogP contribution in [-0.2, 0) is 0 Å². The van der Waals surface area contributed by atoms with Gasteiger partial charge in [-0.2, -0.15) is 0 Å². The van der Waals surface area contributed by atoms with Crippen molar-refractivity contribution in [1.29, 1.82) is 0 Å². The minimum absolute atomic E-state index is 0.830. The standard InChI is InChI=1S/C17H27BrO/c1-3-4-5-6-7-8-9-10-13-19-17-12-11-15(2)14-16(17)18/h11-12,14H,3-10,13H2,1-2H3. The summed E-state index contributed by atoms with van der Waals surface area (Å²) in [6.07, 6.45) is 10.7. The van der Waals surface area contributed by atoms with Crippen molar-refractivity contribution in [3.05, 3.63) is 28.2 Å². The lowest BCUT2D eigenvalue weighted by Gasteiger charge is -2.08. The van der Waals surface area contributed by atoms with E-state index in [4.69, 9.17) is 4.74 Å². The average molecular weight is 327 g/mol. The fraction of sp³-hybridized carbons (Fsp3) is 0.647. The highest BCUT2D eigenvalue weighted by Gasteiger charge is 2.00. The fourth-order valence-corrected chi connectivity index (χ4v) is 2.75. The Morgan fingerprint density at radius 1 is 0.947 bits per heavy atom. The highest BCUT2D eigenvalue weighted by Crippen LogP contribution is 2.25. The summed E-state index contributed by atoms with van der Waals surface area (Å²) in [4.78, 5) is 0. The van der Waals surface area contributed by atoms with Crippen LogP contribution in [-0.4, -0.2) is 6.61 Å². The minimum Gasteiger partial charge on any atom is -0.492 e. The van der Waals surface area contributed by atoms with Gasteiger partial charge in [-0.25, -0.2) is 0 Å². The van der Waals surface area contributed by atoms with E-state index in [1.807, 2.05) is 6.07 Å². The predicted molar refractivity (Wildman–Crippen MR) is 87.0 cm³/mol. The van der Waals surface area contributed by atoms with E-state index >= 15 is 0 Å². The zero-order chi connectivity index (χ0) is 13.9. The van der Waals surface area contributed by atoms with E-state index in [9.17, 15) is 0 Å². The van der Waals surface area contributed by atoms with E-state index in [0.29, 0.717) is 0 Å². The summed E-state index contributed by atoms with van der Waals surface area (Å²) in [5, 5.41) is 0. The zero-order valence-corrected chi connectivity index (χ0v) is 14.0. The highest BCUT2D eigenvalue weighted by atomic mass is 79.9. The van der Waals surface area contributed by atoms with Crippen LogP contribution >= 0.6 is 15.9 Å². The van der Waals surface area contributed by atoms with Crippen LogP contribution in [0.25, 0.3) is 0 Å². The molecular formula is C17H27BrO. The minimum atomic E-state index is 0.830. The molecule has 0 saturated carbocycles. The molecule has 1 nitrogen and oxygen atoms in total. The third-order valence-corrected chi connectivity index (χ3v) is 3.96. The average Bonchev–Trinajstić information content (AvgIpc) is 2.39. The van der Waals surface area contributed by atoms with Crippen molar-refractivity contribution in [2.75, 3.05) is 6.61 Å². The summed E-state index contributed by atoms with van der Waals surface area (Å²) in [5.41, 5.74) is 1.26. The van der Waals surface area contributed by atoms with Crippen LogP contribution in [0.4, 0.5) is 0 Å². The first-order valence-electron chi connectivity index (χ1n) is 7.63. The molecular weight excluding hydrogens is 300 g/mol. The van der Waals surface area contributed by atoms with Crippen molar-refractivity contribution in [2.45, 2.75) is 65.2 Å². The fourth-order valence-electron chi connectivity index (χ4n) is 2.14. The monoisotopic (exact) mass is 326 g/mol. The first-order valence-corrected chi connectivity index (χ1v) is 8.42. The van der Waals surface area contributed by atoms with E-state index in [2.05, 4.69) is 41.9 Å². The van der Waals surface area contributed by atoms with E-state index in [1.54, 1.807) is 0 Å². The molecule has 0 N–H and O–H groups in total. The van der Waals surface area contributed by atoms with Gasteiger partial charge in [0.25, 0.3) is 0 Å². The van der Waals surface area contributed by atoms with Crippen LogP contribution < -0.4 is 4.74 Å². The van der Waals surface area contributed by atoms with Crippen LogP contribution in [0.3, 0.4) is 0 Å². The van der Waals surface area contributed by atoms with Gasteiger partial charge in [0.15, 0.2) is 0 Å². The van der Waals surface area contributed by atoms with Gasteiger partial charge >= 0.3 is 0 Å². The van der Waals surface area contributed by atoms with E-state index in [1.165, 1.54) is 50.5 Å². The second-order valence-electron chi connectivity index (χ2n) is 5.26. The summed E-state index contributed by atoms with van der Waals surface area (Å²) >= 11 is 3.54. The Balaban J connectivity index is 2.01. The third kappa shape index (κ3) is 7.61. The molecule has 0 bridgehead atoms. The summed E-state index contributed by atoms with van der Waals surface area (Å²) < 4.78 is 6.85. The molecule has 0 aromatic heterocycles. The summed E-state index contributed by atoms with van der Waals surface area (Å²) in [7, 11) is 0. The van der Waals surface area contributed by atoms with Crippen molar-refractivity contribution >= 4 is 15.9 Å². The van der Waals surface area contributed by atoms with Gasteiger partial charge in [0.1, 0.15) is 5.75 Å². The number of hydrogen-bond acceptors (Lipinski definition) is 1. The first-order chi connectivity index (χ1) is 9.24. The maximum absolute atomic E-state index is 5.79. The quantitative estimate of drug-likeness (QED) is 0.460. The Labute approximate surface area is 126 Å². The van der Waals surface area contributed by atoms with Gasteiger partial charge in [-0.1, -0.05) is 57.9 Å². The van der Waals surface area contributed by atoms with Gasteiger partial charge in [-0.05, 0) is 47.0 Å². The Morgan fingerprint density at radius 2 is 1.58 bits per heavy atom. The summed E-state index contributed by atoms with van der Waals surface area (Å²) in [6, 6.07) is 6.24. The van der Waals surface area contributed by atoms with Crippen molar-refractivity contribution < 1.29 is 4.74 Å². The molecule has 0 saturated heterocycles. The lowest BCUT2D eigenvalue weighted by Crippen LogP contribution is -1.98. The van der Waals surface area contributed by atoms with Gasteiger partial charge in [0, 0.05) is 0 Å². The predicted octanol–water partition coefficient (Wildman–Crippen LogP) is 6.28. The molecule has 0 fully saturated rings. The number of unbranched alkanes of at least 4 members (excludes halogenated alkanes) is 7. The second-order valence-corrected chi connectivity index (χ2v) is 6.11. The van der Waals surface area contributed by atoms with Crippen molar-refractivity contribution in [1.82, 2.24) is 0 Å². The molecule has 1 aromatic rings. The molecule has 0 amide bonds.